The summed E-state index contributed by atoms with van der Waals surface area (Å²) in [5.74, 6) is 0.415. The molecule has 0 aliphatic rings. The maximum atomic E-state index is 14.1. The van der Waals surface area contributed by atoms with Crippen molar-refractivity contribution in [2.45, 2.75) is 10.9 Å². The van der Waals surface area contributed by atoms with E-state index in [1.807, 2.05) is 53.1 Å². The van der Waals surface area contributed by atoms with Gasteiger partial charge in [0.2, 0.25) is 0 Å². The number of methoxy groups -OCH3 is 2. The predicted molar refractivity (Wildman–Crippen MR) is 116 cm³/mol. The van der Waals surface area contributed by atoms with E-state index < -0.39 is 11.6 Å². The number of hydrogen-bond acceptors (Lipinski definition) is 5. The Morgan fingerprint density at radius 2 is 1.65 bits per heavy atom. The molecule has 0 saturated heterocycles. The van der Waals surface area contributed by atoms with Crippen molar-refractivity contribution in [1.29, 1.82) is 0 Å². The van der Waals surface area contributed by atoms with Crippen LogP contribution in [0.4, 0.5) is 8.78 Å². The molecule has 0 unspecified atom stereocenters. The Labute approximate surface area is 182 Å². The second-order valence-electron chi connectivity index (χ2n) is 6.54. The van der Waals surface area contributed by atoms with E-state index in [0.717, 1.165) is 17.3 Å². The van der Waals surface area contributed by atoms with Crippen LogP contribution in [0.25, 0.3) is 17.1 Å². The van der Waals surface area contributed by atoms with Crippen molar-refractivity contribution in [1.82, 2.24) is 14.8 Å². The lowest BCUT2D eigenvalue weighted by molar-refractivity contribution is 0.414. The van der Waals surface area contributed by atoms with Crippen molar-refractivity contribution in [3.05, 3.63) is 83.9 Å². The van der Waals surface area contributed by atoms with Crippen LogP contribution in [-0.4, -0.2) is 29.0 Å². The van der Waals surface area contributed by atoms with Crippen molar-refractivity contribution in [3.63, 3.8) is 0 Å². The minimum absolute atomic E-state index is 0.198. The number of nitrogens with zero attached hydrogens (tertiary/aromatic N) is 3. The normalized spacial score (nSPS) is 10.8. The summed E-state index contributed by atoms with van der Waals surface area (Å²) in [5, 5.41) is 9.24. The highest BCUT2D eigenvalue weighted by Gasteiger charge is 2.20. The first kappa shape index (κ1) is 20.9. The molecule has 1 aromatic heterocycles. The Kier molecular flexibility index (Phi) is 6.18. The van der Waals surface area contributed by atoms with Gasteiger partial charge in [-0.25, -0.2) is 8.78 Å². The van der Waals surface area contributed by atoms with Crippen LogP contribution in [0.5, 0.6) is 11.5 Å². The van der Waals surface area contributed by atoms with Crippen molar-refractivity contribution in [2.75, 3.05) is 14.2 Å². The summed E-state index contributed by atoms with van der Waals surface area (Å²) in [6, 6.07) is 19.1. The van der Waals surface area contributed by atoms with Gasteiger partial charge in [0.25, 0.3) is 0 Å². The van der Waals surface area contributed by atoms with E-state index in [9.17, 15) is 8.78 Å². The van der Waals surface area contributed by atoms with Gasteiger partial charge < -0.3 is 9.47 Å². The van der Waals surface area contributed by atoms with Gasteiger partial charge in [-0.3, -0.25) is 4.57 Å². The molecule has 0 spiro atoms. The first-order valence-corrected chi connectivity index (χ1v) is 10.4. The Balaban J connectivity index is 1.78. The average Bonchev–Trinajstić information content (AvgIpc) is 3.23. The van der Waals surface area contributed by atoms with Gasteiger partial charge in [-0.15, -0.1) is 10.2 Å². The molecule has 0 bridgehead atoms. The summed E-state index contributed by atoms with van der Waals surface area (Å²) < 4.78 is 40.3. The molecule has 0 radical (unpaired) electrons. The summed E-state index contributed by atoms with van der Waals surface area (Å²) in [5.41, 5.74) is 1.82. The van der Waals surface area contributed by atoms with Crippen LogP contribution in [0.3, 0.4) is 0 Å². The van der Waals surface area contributed by atoms with Gasteiger partial charge in [0.1, 0.15) is 11.5 Å². The molecule has 5 nitrogen and oxygen atoms in total. The molecule has 158 valence electrons. The Hall–Kier alpha value is -3.39. The Morgan fingerprint density at radius 1 is 0.871 bits per heavy atom. The lowest BCUT2D eigenvalue weighted by atomic mass is 10.2. The molecule has 8 heteroatoms. The molecule has 0 fully saturated rings. The molecular formula is C23H19F2N3O2S. The molecule has 3 aromatic carbocycles. The van der Waals surface area contributed by atoms with E-state index in [-0.39, 0.29) is 11.3 Å². The molecule has 1 heterocycles. The van der Waals surface area contributed by atoms with E-state index in [2.05, 4.69) is 10.2 Å². The van der Waals surface area contributed by atoms with Crippen LogP contribution >= 0.6 is 11.8 Å². The molecule has 0 saturated carbocycles. The third-order valence-corrected chi connectivity index (χ3v) is 5.68. The lowest BCUT2D eigenvalue weighted by Gasteiger charge is -2.13. The van der Waals surface area contributed by atoms with Gasteiger partial charge in [-0.05, 0) is 42.5 Å². The summed E-state index contributed by atoms with van der Waals surface area (Å²) in [6.45, 7) is 0. The number of aromatic nitrogens is 3. The molecule has 0 amide bonds. The van der Waals surface area contributed by atoms with Crippen LogP contribution < -0.4 is 9.47 Å². The van der Waals surface area contributed by atoms with Crippen molar-refractivity contribution in [3.8, 4) is 28.6 Å². The smallest absolute Gasteiger partial charge is 0.196 e. The molecule has 0 aliphatic carbocycles. The third kappa shape index (κ3) is 4.25. The molecule has 0 aliphatic heterocycles. The first-order chi connectivity index (χ1) is 15.1. The fraction of sp³-hybridized carbons (Fsp3) is 0.130. The highest BCUT2D eigenvalue weighted by molar-refractivity contribution is 7.98. The molecule has 0 atom stereocenters. The number of ether oxygens (including phenoxy) is 2. The number of halogens is 2. The zero-order chi connectivity index (χ0) is 21.8. The average molecular weight is 439 g/mol. The number of para-hydroxylation sites is 1. The summed E-state index contributed by atoms with van der Waals surface area (Å²) in [6.07, 6.45) is 0. The Bertz CT molecular complexity index is 1200. The largest absolute Gasteiger partial charge is 0.497 e. The van der Waals surface area contributed by atoms with E-state index in [1.54, 1.807) is 20.3 Å². The highest BCUT2D eigenvalue weighted by atomic mass is 32.2. The third-order valence-electron chi connectivity index (χ3n) is 4.70. The monoisotopic (exact) mass is 439 g/mol. The minimum atomic E-state index is -0.871. The highest BCUT2D eigenvalue weighted by Crippen LogP contribution is 2.34. The van der Waals surface area contributed by atoms with E-state index in [0.29, 0.717) is 22.5 Å². The zero-order valence-electron chi connectivity index (χ0n) is 16.9. The van der Waals surface area contributed by atoms with Crippen molar-refractivity contribution < 1.29 is 18.3 Å². The maximum Gasteiger partial charge on any atom is 0.196 e. The van der Waals surface area contributed by atoms with E-state index >= 15 is 0 Å². The zero-order valence-corrected chi connectivity index (χ0v) is 17.7. The summed E-state index contributed by atoms with van der Waals surface area (Å²) >= 11 is 1.27. The summed E-state index contributed by atoms with van der Waals surface area (Å²) in [7, 11) is 3.19. The fourth-order valence-electron chi connectivity index (χ4n) is 3.13. The lowest BCUT2D eigenvalue weighted by Crippen LogP contribution is -2.01. The number of benzene rings is 3. The van der Waals surface area contributed by atoms with Crippen LogP contribution in [0.1, 0.15) is 5.56 Å². The number of hydrogen-bond donors (Lipinski definition) is 0. The second-order valence-corrected chi connectivity index (χ2v) is 7.48. The first-order valence-electron chi connectivity index (χ1n) is 9.41. The number of thioether (sulfide) groups is 1. The standard InChI is InChI=1S/C23H19F2N3O2S/c1-29-17-12-10-16(11-13-17)28-22(18-7-3-4-9-20(18)30-2)26-27-23(28)31-14-15-6-5-8-19(24)21(15)25/h3-13H,14H2,1-2H3. The molecule has 4 rings (SSSR count). The fourth-order valence-corrected chi connectivity index (χ4v) is 4.06. The molecule has 31 heavy (non-hydrogen) atoms. The second kappa shape index (κ2) is 9.18. The number of rotatable bonds is 7. The minimum Gasteiger partial charge on any atom is -0.497 e. The van der Waals surface area contributed by atoms with E-state index in [4.69, 9.17) is 9.47 Å². The van der Waals surface area contributed by atoms with Gasteiger partial charge in [0.05, 0.1) is 25.5 Å². The van der Waals surface area contributed by atoms with Crippen molar-refractivity contribution in [2.24, 2.45) is 0 Å². The van der Waals surface area contributed by atoms with Gasteiger partial charge in [-0.1, -0.05) is 36.0 Å². The van der Waals surface area contributed by atoms with Gasteiger partial charge in [-0.2, -0.15) is 0 Å². The molecular weight excluding hydrogens is 420 g/mol. The maximum absolute atomic E-state index is 14.1. The van der Waals surface area contributed by atoms with Crippen molar-refractivity contribution >= 4 is 11.8 Å². The predicted octanol–water partition coefficient (Wildman–Crippen LogP) is 5.52. The van der Waals surface area contributed by atoms with Gasteiger partial charge in [0, 0.05) is 11.3 Å². The Morgan fingerprint density at radius 3 is 2.39 bits per heavy atom. The quantitative estimate of drug-likeness (QED) is 0.355. The van der Waals surface area contributed by atoms with Gasteiger partial charge >= 0.3 is 0 Å². The van der Waals surface area contributed by atoms with Crippen LogP contribution in [0.2, 0.25) is 0 Å². The van der Waals surface area contributed by atoms with Crippen LogP contribution in [0.15, 0.2) is 71.9 Å². The van der Waals surface area contributed by atoms with Gasteiger partial charge in [0.15, 0.2) is 22.6 Å². The molecule has 0 N–H and O–H groups in total. The summed E-state index contributed by atoms with van der Waals surface area (Å²) in [4.78, 5) is 0. The SMILES string of the molecule is COc1ccc(-n2c(SCc3cccc(F)c3F)nnc2-c2ccccc2OC)cc1. The topological polar surface area (TPSA) is 49.2 Å². The van der Waals surface area contributed by atoms with Crippen LogP contribution in [0, 0.1) is 11.6 Å². The molecule has 4 aromatic rings. The van der Waals surface area contributed by atoms with E-state index in [1.165, 1.54) is 17.8 Å². The van der Waals surface area contributed by atoms with Crippen LogP contribution in [-0.2, 0) is 5.75 Å².